The minimum Gasteiger partial charge on any atom is -0.378 e. The van der Waals surface area contributed by atoms with E-state index in [1.165, 1.54) is 6.92 Å². The van der Waals surface area contributed by atoms with Crippen LogP contribution in [0.3, 0.4) is 0 Å². The fourth-order valence-corrected chi connectivity index (χ4v) is 1.37. The Morgan fingerprint density at radius 3 is 2.69 bits per heavy atom. The fourth-order valence-electron chi connectivity index (χ4n) is 1.37. The number of hydrogen-bond donors (Lipinski definition) is 1. The standard InChI is InChI=1S/C9H15NO3/c1-6-4-13-5-8(10-6)3-9(12)7(2)11/h6,8,10H,3-5H2,1-2H3. The fraction of sp³-hybridized carbons (Fsp3) is 0.778. The van der Waals surface area contributed by atoms with E-state index in [2.05, 4.69) is 5.32 Å². The van der Waals surface area contributed by atoms with Crippen LogP contribution in [0.4, 0.5) is 0 Å². The summed E-state index contributed by atoms with van der Waals surface area (Å²) in [6.45, 7) is 4.48. The van der Waals surface area contributed by atoms with Gasteiger partial charge in [0.15, 0.2) is 11.6 Å². The molecule has 1 fully saturated rings. The number of carbonyl (C=O) groups excluding carboxylic acids is 2. The highest BCUT2D eigenvalue weighted by Crippen LogP contribution is 2.03. The van der Waals surface area contributed by atoms with Crippen LogP contribution >= 0.6 is 0 Å². The Hall–Kier alpha value is -0.740. The summed E-state index contributed by atoms with van der Waals surface area (Å²) in [5.41, 5.74) is 0. The predicted molar refractivity (Wildman–Crippen MR) is 47.5 cm³/mol. The molecule has 2 unspecified atom stereocenters. The Morgan fingerprint density at radius 2 is 2.15 bits per heavy atom. The first-order valence-corrected chi connectivity index (χ1v) is 4.47. The maximum Gasteiger partial charge on any atom is 0.199 e. The molecule has 1 rings (SSSR count). The number of ether oxygens (including phenoxy) is 1. The average Bonchev–Trinajstić information content (AvgIpc) is 2.04. The van der Waals surface area contributed by atoms with E-state index < -0.39 is 0 Å². The lowest BCUT2D eigenvalue weighted by Crippen LogP contribution is -2.48. The number of rotatable bonds is 3. The van der Waals surface area contributed by atoms with Crippen molar-refractivity contribution in [1.82, 2.24) is 5.32 Å². The minimum atomic E-state index is -0.375. The van der Waals surface area contributed by atoms with Crippen LogP contribution in [0.15, 0.2) is 0 Å². The van der Waals surface area contributed by atoms with E-state index in [4.69, 9.17) is 4.74 Å². The van der Waals surface area contributed by atoms with Crippen molar-refractivity contribution in [2.45, 2.75) is 32.4 Å². The second kappa shape index (κ2) is 4.48. The first kappa shape index (κ1) is 10.3. The van der Waals surface area contributed by atoms with Gasteiger partial charge in [0.1, 0.15) is 0 Å². The Kier molecular flexibility index (Phi) is 3.57. The molecule has 0 amide bonds. The normalized spacial score (nSPS) is 28.5. The zero-order valence-electron chi connectivity index (χ0n) is 8.00. The smallest absolute Gasteiger partial charge is 0.199 e. The number of nitrogens with one attached hydrogen (secondary N) is 1. The highest BCUT2D eigenvalue weighted by atomic mass is 16.5. The predicted octanol–water partition coefficient (Wildman–Crippen LogP) is -0.0885. The molecule has 0 aromatic carbocycles. The lowest BCUT2D eigenvalue weighted by molar-refractivity contribution is -0.136. The van der Waals surface area contributed by atoms with Gasteiger partial charge in [-0.3, -0.25) is 9.59 Å². The first-order chi connectivity index (χ1) is 6.09. The third-order valence-electron chi connectivity index (χ3n) is 2.03. The number of ketones is 2. The molecule has 0 bridgehead atoms. The molecule has 0 radical (unpaired) electrons. The van der Waals surface area contributed by atoms with Crippen LogP contribution in [-0.4, -0.2) is 36.9 Å². The average molecular weight is 185 g/mol. The van der Waals surface area contributed by atoms with Gasteiger partial charge < -0.3 is 10.1 Å². The quantitative estimate of drug-likeness (QED) is 0.624. The summed E-state index contributed by atoms with van der Waals surface area (Å²) in [4.78, 5) is 21.8. The molecular formula is C9H15NO3. The second-order valence-corrected chi connectivity index (χ2v) is 3.49. The molecule has 0 aliphatic carbocycles. The summed E-state index contributed by atoms with van der Waals surface area (Å²) < 4.78 is 5.25. The van der Waals surface area contributed by atoms with Crippen molar-refractivity contribution < 1.29 is 14.3 Å². The molecule has 1 aliphatic rings. The molecule has 4 heteroatoms. The zero-order chi connectivity index (χ0) is 9.84. The van der Waals surface area contributed by atoms with Crippen LogP contribution in [0.1, 0.15) is 20.3 Å². The zero-order valence-corrected chi connectivity index (χ0v) is 8.00. The van der Waals surface area contributed by atoms with E-state index in [-0.39, 0.29) is 30.1 Å². The molecule has 0 aromatic rings. The van der Waals surface area contributed by atoms with Crippen LogP contribution in [-0.2, 0) is 14.3 Å². The lowest BCUT2D eigenvalue weighted by atomic mass is 10.1. The SMILES string of the molecule is CC(=O)C(=O)CC1COCC(C)N1. The minimum absolute atomic E-state index is 0.000139. The van der Waals surface area contributed by atoms with Crippen molar-refractivity contribution >= 4 is 11.6 Å². The third kappa shape index (κ3) is 3.24. The van der Waals surface area contributed by atoms with E-state index in [1.807, 2.05) is 6.92 Å². The van der Waals surface area contributed by atoms with Gasteiger partial charge in [0.05, 0.1) is 13.2 Å². The van der Waals surface area contributed by atoms with Crippen molar-refractivity contribution in [2.24, 2.45) is 0 Å². The maximum absolute atomic E-state index is 11.1. The number of hydrogen-bond acceptors (Lipinski definition) is 4. The van der Waals surface area contributed by atoms with Crippen LogP contribution in [0.5, 0.6) is 0 Å². The number of morpholine rings is 1. The van der Waals surface area contributed by atoms with Gasteiger partial charge in [-0.2, -0.15) is 0 Å². The van der Waals surface area contributed by atoms with Crippen LogP contribution in [0.25, 0.3) is 0 Å². The molecule has 1 heterocycles. The molecule has 1 aliphatic heterocycles. The third-order valence-corrected chi connectivity index (χ3v) is 2.03. The summed E-state index contributed by atoms with van der Waals surface area (Å²) in [6, 6.07) is 0.263. The molecule has 74 valence electrons. The molecule has 0 saturated carbocycles. The summed E-state index contributed by atoms with van der Waals surface area (Å²) in [5.74, 6) is -0.699. The summed E-state index contributed by atoms with van der Waals surface area (Å²) in [5, 5.41) is 3.20. The first-order valence-electron chi connectivity index (χ1n) is 4.47. The van der Waals surface area contributed by atoms with Crippen LogP contribution in [0, 0.1) is 0 Å². The van der Waals surface area contributed by atoms with E-state index >= 15 is 0 Å². The second-order valence-electron chi connectivity index (χ2n) is 3.49. The molecular weight excluding hydrogens is 170 g/mol. The van der Waals surface area contributed by atoms with E-state index in [1.54, 1.807) is 0 Å². The molecule has 13 heavy (non-hydrogen) atoms. The molecule has 0 spiro atoms. The van der Waals surface area contributed by atoms with Gasteiger partial charge in [0.25, 0.3) is 0 Å². The number of Topliss-reactive ketones (excluding diaryl/α,β-unsaturated/α-hetero) is 2. The summed E-state index contributed by atoms with van der Waals surface area (Å²) >= 11 is 0. The Morgan fingerprint density at radius 1 is 1.46 bits per heavy atom. The van der Waals surface area contributed by atoms with Crippen molar-refractivity contribution in [1.29, 1.82) is 0 Å². The van der Waals surface area contributed by atoms with Gasteiger partial charge in [-0.1, -0.05) is 0 Å². The van der Waals surface area contributed by atoms with Crippen molar-refractivity contribution in [3.63, 3.8) is 0 Å². The lowest BCUT2D eigenvalue weighted by Gasteiger charge is -2.28. The van der Waals surface area contributed by atoms with Gasteiger partial charge in [-0.25, -0.2) is 0 Å². The molecule has 1 N–H and O–H groups in total. The Balaban J connectivity index is 2.36. The van der Waals surface area contributed by atoms with Gasteiger partial charge in [0.2, 0.25) is 0 Å². The van der Waals surface area contributed by atoms with Crippen LogP contribution in [0.2, 0.25) is 0 Å². The Labute approximate surface area is 77.6 Å². The summed E-state index contributed by atoms with van der Waals surface area (Å²) in [7, 11) is 0. The van der Waals surface area contributed by atoms with Crippen molar-refractivity contribution in [2.75, 3.05) is 13.2 Å². The van der Waals surface area contributed by atoms with Gasteiger partial charge >= 0.3 is 0 Å². The van der Waals surface area contributed by atoms with Crippen LogP contribution < -0.4 is 5.32 Å². The largest absolute Gasteiger partial charge is 0.378 e. The van der Waals surface area contributed by atoms with E-state index in [0.717, 1.165) is 0 Å². The van der Waals surface area contributed by atoms with Gasteiger partial charge in [0, 0.05) is 25.4 Å². The molecule has 0 aromatic heterocycles. The number of carbonyl (C=O) groups is 2. The summed E-state index contributed by atoms with van der Waals surface area (Å²) in [6.07, 6.45) is 0.250. The van der Waals surface area contributed by atoms with Crippen molar-refractivity contribution in [3.8, 4) is 0 Å². The highest BCUT2D eigenvalue weighted by molar-refractivity contribution is 6.36. The topological polar surface area (TPSA) is 55.4 Å². The molecule has 2 atom stereocenters. The highest BCUT2D eigenvalue weighted by Gasteiger charge is 2.22. The maximum atomic E-state index is 11.1. The van der Waals surface area contributed by atoms with Crippen molar-refractivity contribution in [3.05, 3.63) is 0 Å². The Bertz CT molecular complexity index is 215. The van der Waals surface area contributed by atoms with E-state index in [0.29, 0.717) is 13.2 Å². The van der Waals surface area contributed by atoms with E-state index in [9.17, 15) is 9.59 Å². The van der Waals surface area contributed by atoms with Gasteiger partial charge in [-0.05, 0) is 6.92 Å². The molecule has 4 nitrogen and oxygen atoms in total. The monoisotopic (exact) mass is 185 g/mol. The molecule has 1 saturated heterocycles. The van der Waals surface area contributed by atoms with Gasteiger partial charge in [-0.15, -0.1) is 0 Å².